The van der Waals surface area contributed by atoms with Crippen molar-refractivity contribution in [2.75, 3.05) is 0 Å². The minimum atomic E-state index is -4.99. The number of amides is 1. The summed E-state index contributed by atoms with van der Waals surface area (Å²) in [5.41, 5.74) is 1.50. The van der Waals surface area contributed by atoms with Crippen LogP contribution in [0.15, 0.2) is 60.8 Å². The zero-order valence-corrected chi connectivity index (χ0v) is 21.0. The molecule has 0 bridgehead atoms. The molecule has 1 atom stereocenters. The smallest absolute Gasteiger partial charge is 0.406 e. The third-order valence-electron chi connectivity index (χ3n) is 5.89. The molecule has 1 amide bonds. The van der Waals surface area contributed by atoms with Crippen molar-refractivity contribution in [1.29, 1.82) is 10.5 Å². The molecule has 4 aromatic rings. The van der Waals surface area contributed by atoms with Crippen LogP contribution in [0.2, 0.25) is 0 Å². The first-order chi connectivity index (χ1) is 18.4. The number of aromatic nitrogens is 3. The van der Waals surface area contributed by atoms with Crippen molar-refractivity contribution in [3.8, 4) is 29.3 Å². The molecule has 2 aromatic heterocycles. The fraction of sp³-hybridized carbons (Fsp3) is 0.214. The normalized spacial score (nSPS) is 12.3. The first kappa shape index (κ1) is 27.0. The van der Waals surface area contributed by atoms with Crippen molar-refractivity contribution < 1.29 is 22.7 Å². The predicted molar refractivity (Wildman–Crippen MR) is 135 cm³/mol. The number of rotatable bonds is 6. The van der Waals surface area contributed by atoms with Crippen LogP contribution in [0.1, 0.15) is 54.0 Å². The summed E-state index contributed by atoms with van der Waals surface area (Å²) in [5, 5.41) is 21.4. The highest BCUT2D eigenvalue weighted by atomic mass is 19.4. The predicted octanol–water partition coefficient (Wildman–Crippen LogP) is 5.75. The van der Waals surface area contributed by atoms with Gasteiger partial charge in [0.25, 0.3) is 5.91 Å². The third-order valence-corrected chi connectivity index (χ3v) is 5.89. The molecule has 1 N–H and O–H groups in total. The molecule has 0 saturated carbocycles. The number of alkyl halides is 3. The zero-order valence-electron chi connectivity index (χ0n) is 21.0. The van der Waals surface area contributed by atoms with Gasteiger partial charge in [-0.1, -0.05) is 12.1 Å². The van der Waals surface area contributed by atoms with Crippen LogP contribution in [-0.4, -0.2) is 27.2 Å². The molecule has 8 nitrogen and oxygen atoms in total. The topological polar surface area (TPSA) is 125 Å². The van der Waals surface area contributed by atoms with E-state index >= 15 is 0 Å². The van der Waals surface area contributed by atoms with Gasteiger partial charge in [-0.05, 0) is 68.8 Å². The van der Waals surface area contributed by atoms with E-state index in [1.54, 1.807) is 43.3 Å². The van der Waals surface area contributed by atoms with Gasteiger partial charge in [0.1, 0.15) is 17.5 Å². The second kappa shape index (κ2) is 10.4. The van der Waals surface area contributed by atoms with Crippen LogP contribution < -0.4 is 10.1 Å². The van der Waals surface area contributed by atoms with E-state index in [0.717, 1.165) is 12.1 Å². The fourth-order valence-corrected chi connectivity index (χ4v) is 3.80. The number of nitrogens with zero attached hydrogens (tertiary/aromatic N) is 5. The van der Waals surface area contributed by atoms with Gasteiger partial charge in [0.15, 0.2) is 0 Å². The molecule has 0 spiro atoms. The summed E-state index contributed by atoms with van der Waals surface area (Å²) in [6.07, 6.45) is -3.59. The second-order valence-electron chi connectivity index (χ2n) is 9.22. The number of ether oxygens (including phenoxy) is 1. The van der Waals surface area contributed by atoms with Gasteiger partial charge in [-0.3, -0.25) is 9.78 Å². The monoisotopic (exact) mass is 530 g/mol. The lowest BCUT2D eigenvalue weighted by Gasteiger charge is -2.21. The van der Waals surface area contributed by atoms with E-state index < -0.39 is 29.5 Å². The third kappa shape index (κ3) is 6.11. The number of hydrogen-bond acceptors (Lipinski definition) is 7. The molecule has 0 aliphatic carbocycles. The highest BCUT2D eigenvalue weighted by Crippen LogP contribution is 2.32. The van der Waals surface area contributed by atoms with Gasteiger partial charge in [-0.25, -0.2) is 9.97 Å². The van der Waals surface area contributed by atoms with Crippen molar-refractivity contribution in [2.24, 2.45) is 0 Å². The maximum atomic E-state index is 13.3. The van der Waals surface area contributed by atoms with E-state index in [9.17, 15) is 23.2 Å². The summed E-state index contributed by atoms with van der Waals surface area (Å²) < 4.78 is 43.0. The Morgan fingerprint density at radius 1 is 1.03 bits per heavy atom. The highest BCUT2D eigenvalue weighted by Gasteiger charge is 2.33. The fourth-order valence-electron chi connectivity index (χ4n) is 3.80. The van der Waals surface area contributed by atoms with Crippen molar-refractivity contribution >= 4 is 16.9 Å². The van der Waals surface area contributed by atoms with E-state index in [-0.39, 0.29) is 11.1 Å². The Kier molecular flexibility index (Phi) is 7.19. The number of halogens is 3. The number of carbonyl (C=O) groups is 1. The average Bonchev–Trinajstić information content (AvgIpc) is 2.91. The summed E-state index contributed by atoms with van der Waals surface area (Å²) in [4.78, 5) is 26.9. The molecule has 0 fully saturated rings. The maximum absolute atomic E-state index is 13.3. The quantitative estimate of drug-likeness (QED) is 0.336. The Morgan fingerprint density at radius 3 is 2.31 bits per heavy atom. The minimum absolute atomic E-state index is 0.131. The van der Waals surface area contributed by atoms with Gasteiger partial charge >= 0.3 is 6.36 Å². The Hall–Kier alpha value is -5.03. The van der Waals surface area contributed by atoms with E-state index in [1.165, 1.54) is 26.1 Å². The van der Waals surface area contributed by atoms with Crippen molar-refractivity contribution in [1.82, 2.24) is 20.3 Å². The van der Waals surface area contributed by atoms with E-state index in [0.29, 0.717) is 33.7 Å². The summed E-state index contributed by atoms with van der Waals surface area (Å²) in [5.74, 6) is -1.33. The van der Waals surface area contributed by atoms with Crippen molar-refractivity contribution in [3.05, 3.63) is 83.2 Å². The number of nitriles is 2. The highest BCUT2D eigenvalue weighted by molar-refractivity contribution is 5.95. The minimum Gasteiger partial charge on any atom is -0.406 e. The van der Waals surface area contributed by atoms with Gasteiger partial charge in [-0.2, -0.15) is 10.5 Å². The summed E-state index contributed by atoms with van der Waals surface area (Å²) in [6, 6.07) is 17.0. The number of pyridine rings is 1. The molecular formula is C28H21F3N6O2. The van der Waals surface area contributed by atoms with E-state index in [4.69, 9.17) is 5.26 Å². The van der Waals surface area contributed by atoms with Gasteiger partial charge in [0.2, 0.25) is 0 Å². The van der Waals surface area contributed by atoms with Crippen LogP contribution in [-0.2, 0) is 5.41 Å². The van der Waals surface area contributed by atoms with Gasteiger partial charge in [0, 0.05) is 11.8 Å². The summed E-state index contributed by atoms with van der Waals surface area (Å²) in [6.45, 7) is 4.69. The van der Waals surface area contributed by atoms with Crippen LogP contribution in [0.25, 0.3) is 22.4 Å². The van der Waals surface area contributed by atoms with Crippen LogP contribution in [0, 0.1) is 22.7 Å². The molecule has 1 unspecified atom stereocenters. The Morgan fingerprint density at radius 2 is 1.72 bits per heavy atom. The molecule has 2 aromatic carbocycles. The lowest BCUT2D eigenvalue weighted by atomic mass is 9.85. The molecule has 0 saturated heterocycles. The maximum Gasteiger partial charge on any atom is 0.573 e. The Labute approximate surface area is 221 Å². The zero-order chi connectivity index (χ0) is 28.4. The molecule has 4 rings (SSSR count). The number of carbonyl (C=O) groups excluding carboxylic acids is 1. The molecule has 39 heavy (non-hydrogen) atoms. The number of hydrogen-bond donors (Lipinski definition) is 1. The Balaban J connectivity index is 1.74. The molecule has 0 aliphatic heterocycles. The molecule has 2 heterocycles. The van der Waals surface area contributed by atoms with Crippen LogP contribution in [0.4, 0.5) is 13.2 Å². The van der Waals surface area contributed by atoms with Crippen LogP contribution in [0.3, 0.4) is 0 Å². The molecule has 0 radical (unpaired) electrons. The molecule has 0 aliphatic rings. The van der Waals surface area contributed by atoms with Gasteiger partial charge in [0.05, 0.1) is 45.5 Å². The number of fused-ring (bicyclic) bond motifs is 1. The molecule has 11 heteroatoms. The Bertz CT molecular complexity index is 1640. The van der Waals surface area contributed by atoms with Gasteiger partial charge in [-0.15, -0.1) is 13.2 Å². The molecule has 196 valence electrons. The molecular weight excluding hydrogens is 509 g/mol. The number of nitrogens with one attached hydrogen (secondary N) is 1. The summed E-state index contributed by atoms with van der Waals surface area (Å²) in [7, 11) is 0. The van der Waals surface area contributed by atoms with Crippen molar-refractivity contribution in [3.63, 3.8) is 0 Å². The second-order valence-corrected chi connectivity index (χ2v) is 9.22. The number of benzene rings is 2. The SMILES string of the molecule is CC(NC(=O)c1cc(OC(F)(F)F)cc(C(C)(C)C#N)c1)c1nc2ccccc2nc1-c1ccc(C#N)cn1. The first-order valence-electron chi connectivity index (χ1n) is 11.7. The van der Waals surface area contributed by atoms with Crippen molar-refractivity contribution in [2.45, 2.75) is 38.6 Å². The largest absolute Gasteiger partial charge is 0.573 e. The standard InChI is InChI=1S/C28H21F3N6O2/c1-16(35-26(38)18-10-19(27(2,3)15-33)12-20(11-18)39-28(29,30)31)24-25(23-9-8-17(13-32)14-34-23)37-22-7-5-4-6-21(22)36-24/h4-12,14,16H,1-3H3,(H,35,38). The number of para-hydroxylation sites is 2. The van der Waals surface area contributed by atoms with Crippen LogP contribution >= 0.6 is 0 Å². The lowest BCUT2D eigenvalue weighted by molar-refractivity contribution is -0.274. The first-order valence-corrected chi connectivity index (χ1v) is 11.7. The average molecular weight is 531 g/mol. The van der Waals surface area contributed by atoms with E-state index in [2.05, 4.69) is 25.0 Å². The van der Waals surface area contributed by atoms with Crippen LogP contribution in [0.5, 0.6) is 5.75 Å². The summed E-state index contributed by atoms with van der Waals surface area (Å²) >= 11 is 0. The van der Waals surface area contributed by atoms with Gasteiger partial charge < -0.3 is 10.1 Å². The van der Waals surface area contributed by atoms with E-state index in [1.807, 2.05) is 12.1 Å². The lowest BCUT2D eigenvalue weighted by Crippen LogP contribution is -2.29.